The number of allylic oxidation sites excluding steroid dienone is 1. The van der Waals surface area contributed by atoms with E-state index < -0.39 is 11.6 Å². The number of esters is 1. The van der Waals surface area contributed by atoms with E-state index >= 15 is 0 Å². The molecule has 0 aliphatic rings. The molecule has 19 heavy (non-hydrogen) atoms. The number of methoxy groups -OCH3 is 1. The average Bonchev–Trinajstić information content (AvgIpc) is 2.47. The normalized spacial score (nSPS) is 13.7. The molecule has 0 aromatic heterocycles. The SMILES string of the molecule is C#CCOC(=O)C(CC=CC)(OC)c1ccccc1. The van der Waals surface area contributed by atoms with Gasteiger partial charge >= 0.3 is 5.97 Å². The van der Waals surface area contributed by atoms with E-state index in [1.165, 1.54) is 7.11 Å². The number of benzene rings is 1. The highest BCUT2D eigenvalue weighted by atomic mass is 16.6. The zero-order valence-corrected chi connectivity index (χ0v) is 11.3. The standard InChI is InChI=1S/C16H18O3/c1-4-6-12-16(18-3,15(17)19-13-5-2)14-10-8-7-9-11-14/h2,4,6-11H,12-13H2,1,3H3. The van der Waals surface area contributed by atoms with Crippen molar-refractivity contribution >= 4 is 5.97 Å². The quantitative estimate of drug-likeness (QED) is 0.447. The fourth-order valence-electron chi connectivity index (χ4n) is 1.82. The summed E-state index contributed by atoms with van der Waals surface area (Å²) in [5, 5.41) is 0. The zero-order valence-electron chi connectivity index (χ0n) is 11.3. The van der Waals surface area contributed by atoms with Crippen molar-refractivity contribution in [3.8, 4) is 12.3 Å². The predicted octanol–water partition coefficient (Wildman–Crippen LogP) is 2.67. The van der Waals surface area contributed by atoms with Crippen LogP contribution in [-0.4, -0.2) is 19.7 Å². The van der Waals surface area contributed by atoms with Crippen molar-refractivity contribution in [3.63, 3.8) is 0 Å². The number of rotatable bonds is 6. The predicted molar refractivity (Wildman–Crippen MR) is 74.4 cm³/mol. The molecule has 0 saturated heterocycles. The Hall–Kier alpha value is -2.05. The van der Waals surface area contributed by atoms with Gasteiger partial charge in [0.05, 0.1) is 0 Å². The minimum Gasteiger partial charge on any atom is -0.450 e. The molecule has 1 aromatic rings. The molecule has 0 radical (unpaired) electrons. The van der Waals surface area contributed by atoms with Crippen LogP contribution < -0.4 is 0 Å². The van der Waals surface area contributed by atoms with Gasteiger partial charge in [0.1, 0.15) is 0 Å². The summed E-state index contributed by atoms with van der Waals surface area (Å²) in [6.07, 6.45) is 9.25. The average molecular weight is 258 g/mol. The third-order valence-corrected chi connectivity index (χ3v) is 2.85. The van der Waals surface area contributed by atoms with Gasteiger partial charge in [-0.2, -0.15) is 0 Å². The molecular formula is C16H18O3. The maximum absolute atomic E-state index is 12.3. The highest BCUT2D eigenvalue weighted by Gasteiger charge is 2.41. The van der Waals surface area contributed by atoms with E-state index in [0.29, 0.717) is 6.42 Å². The Balaban J connectivity index is 3.15. The topological polar surface area (TPSA) is 35.5 Å². The molecule has 0 heterocycles. The number of carbonyl (C=O) groups is 1. The van der Waals surface area contributed by atoms with Gasteiger partial charge in [-0.25, -0.2) is 4.79 Å². The van der Waals surface area contributed by atoms with Crippen molar-refractivity contribution in [2.45, 2.75) is 18.9 Å². The first-order valence-electron chi connectivity index (χ1n) is 6.03. The van der Waals surface area contributed by atoms with Crippen LogP contribution in [0.2, 0.25) is 0 Å². The largest absolute Gasteiger partial charge is 0.450 e. The molecule has 1 unspecified atom stereocenters. The molecule has 0 fully saturated rings. The summed E-state index contributed by atoms with van der Waals surface area (Å²) in [6.45, 7) is 1.82. The summed E-state index contributed by atoms with van der Waals surface area (Å²) in [7, 11) is 1.49. The summed E-state index contributed by atoms with van der Waals surface area (Å²) < 4.78 is 10.6. The summed E-state index contributed by atoms with van der Waals surface area (Å²) >= 11 is 0. The van der Waals surface area contributed by atoms with Crippen LogP contribution in [0.1, 0.15) is 18.9 Å². The van der Waals surface area contributed by atoms with Gasteiger partial charge in [0.15, 0.2) is 12.2 Å². The first-order valence-corrected chi connectivity index (χ1v) is 6.03. The van der Waals surface area contributed by atoms with E-state index in [1.807, 2.05) is 49.4 Å². The number of ether oxygens (including phenoxy) is 2. The van der Waals surface area contributed by atoms with Gasteiger partial charge in [0.25, 0.3) is 0 Å². The fraction of sp³-hybridized carbons (Fsp3) is 0.312. The highest BCUT2D eigenvalue weighted by Crippen LogP contribution is 2.31. The van der Waals surface area contributed by atoms with E-state index in [-0.39, 0.29) is 6.61 Å². The van der Waals surface area contributed by atoms with E-state index in [1.54, 1.807) is 0 Å². The van der Waals surface area contributed by atoms with Gasteiger partial charge in [0, 0.05) is 13.5 Å². The summed E-state index contributed by atoms with van der Waals surface area (Å²) in [5.41, 5.74) is -0.400. The van der Waals surface area contributed by atoms with Crippen molar-refractivity contribution < 1.29 is 14.3 Å². The number of hydrogen-bond acceptors (Lipinski definition) is 3. The lowest BCUT2D eigenvalue weighted by molar-refractivity contribution is -0.169. The van der Waals surface area contributed by atoms with Crippen molar-refractivity contribution in [2.24, 2.45) is 0 Å². The van der Waals surface area contributed by atoms with E-state index in [9.17, 15) is 4.79 Å². The molecule has 0 spiro atoms. The van der Waals surface area contributed by atoms with Crippen molar-refractivity contribution in [2.75, 3.05) is 13.7 Å². The molecule has 0 aliphatic carbocycles. The molecule has 0 amide bonds. The number of terminal acetylenes is 1. The first kappa shape index (κ1) is 15.0. The summed E-state index contributed by atoms with van der Waals surface area (Å²) in [6, 6.07) is 9.26. The summed E-state index contributed by atoms with van der Waals surface area (Å²) in [4.78, 5) is 12.3. The Morgan fingerprint density at radius 3 is 2.63 bits per heavy atom. The van der Waals surface area contributed by atoms with Crippen LogP contribution in [0.4, 0.5) is 0 Å². The van der Waals surface area contributed by atoms with E-state index in [0.717, 1.165) is 5.56 Å². The molecule has 100 valence electrons. The van der Waals surface area contributed by atoms with Gasteiger partial charge in [-0.05, 0) is 12.5 Å². The number of carbonyl (C=O) groups excluding carboxylic acids is 1. The van der Waals surface area contributed by atoms with Crippen molar-refractivity contribution in [1.29, 1.82) is 0 Å². The van der Waals surface area contributed by atoms with Crippen LogP contribution in [0.15, 0.2) is 42.5 Å². The Morgan fingerprint density at radius 2 is 2.11 bits per heavy atom. The van der Waals surface area contributed by atoms with Gasteiger partial charge in [-0.15, -0.1) is 6.42 Å². The Bertz CT molecular complexity index is 471. The molecule has 0 saturated carbocycles. The van der Waals surface area contributed by atoms with Gasteiger partial charge in [0.2, 0.25) is 0 Å². The molecule has 0 N–H and O–H groups in total. The van der Waals surface area contributed by atoms with E-state index in [2.05, 4.69) is 5.92 Å². The molecule has 3 heteroatoms. The minimum atomic E-state index is -1.15. The number of hydrogen-bond donors (Lipinski definition) is 0. The third kappa shape index (κ3) is 3.46. The van der Waals surface area contributed by atoms with Crippen molar-refractivity contribution in [3.05, 3.63) is 48.0 Å². The molecule has 3 nitrogen and oxygen atoms in total. The van der Waals surface area contributed by atoms with Crippen LogP contribution in [0.3, 0.4) is 0 Å². The Morgan fingerprint density at radius 1 is 1.42 bits per heavy atom. The third-order valence-electron chi connectivity index (χ3n) is 2.85. The second kappa shape index (κ2) is 7.40. The monoisotopic (exact) mass is 258 g/mol. The first-order chi connectivity index (χ1) is 9.21. The van der Waals surface area contributed by atoms with Gasteiger partial charge in [-0.1, -0.05) is 48.4 Å². The maximum atomic E-state index is 12.3. The molecule has 1 aromatic carbocycles. The Labute approximate surface area is 114 Å². The zero-order chi connectivity index (χ0) is 14.1. The van der Waals surface area contributed by atoms with Gasteiger partial charge < -0.3 is 9.47 Å². The fourth-order valence-corrected chi connectivity index (χ4v) is 1.82. The smallest absolute Gasteiger partial charge is 0.344 e. The molecule has 0 bridgehead atoms. The summed E-state index contributed by atoms with van der Waals surface area (Å²) in [5.74, 6) is 1.81. The lowest BCUT2D eigenvalue weighted by Crippen LogP contribution is -2.39. The minimum absolute atomic E-state index is 0.0629. The van der Waals surface area contributed by atoms with Crippen LogP contribution >= 0.6 is 0 Å². The van der Waals surface area contributed by atoms with Gasteiger partial charge in [-0.3, -0.25) is 0 Å². The van der Waals surface area contributed by atoms with Crippen LogP contribution in [0.25, 0.3) is 0 Å². The maximum Gasteiger partial charge on any atom is 0.344 e. The van der Waals surface area contributed by atoms with Crippen LogP contribution in [0, 0.1) is 12.3 Å². The molecular weight excluding hydrogens is 240 g/mol. The molecule has 1 atom stereocenters. The molecule has 1 rings (SSSR count). The second-order valence-electron chi connectivity index (χ2n) is 3.95. The van der Waals surface area contributed by atoms with Crippen LogP contribution in [-0.2, 0) is 19.9 Å². The Kier molecular flexibility index (Phi) is 5.84. The highest BCUT2D eigenvalue weighted by molar-refractivity contribution is 5.81. The lowest BCUT2D eigenvalue weighted by atomic mass is 9.90. The lowest BCUT2D eigenvalue weighted by Gasteiger charge is -2.29. The van der Waals surface area contributed by atoms with E-state index in [4.69, 9.17) is 15.9 Å². The van der Waals surface area contributed by atoms with Crippen molar-refractivity contribution in [1.82, 2.24) is 0 Å². The second-order valence-corrected chi connectivity index (χ2v) is 3.95. The van der Waals surface area contributed by atoms with Crippen LogP contribution in [0.5, 0.6) is 0 Å². The molecule has 0 aliphatic heterocycles.